The van der Waals surface area contributed by atoms with Crippen LogP contribution in [0.15, 0.2) is 48.5 Å². The first-order chi connectivity index (χ1) is 17.8. The Bertz CT molecular complexity index is 1200. The van der Waals surface area contributed by atoms with E-state index in [1.807, 2.05) is 50.2 Å². The third kappa shape index (κ3) is 4.02. The number of rotatable bonds is 8. The van der Waals surface area contributed by atoms with Gasteiger partial charge < -0.3 is 25.4 Å². The molecule has 2 aromatic carbocycles. The van der Waals surface area contributed by atoms with E-state index in [0.717, 1.165) is 11.1 Å². The number of fused-ring (bicyclic) bond motifs is 1. The summed E-state index contributed by atoms with van der Waals surface area (Å²) in [6, 6.07) is 13.9. The van der Waals surface area contributed by atoms with Crippen LogP contribution in [0.3, 0.4) is 0 Å². The smallest absolute Gasteiger partial charge is 0.250 e. The molecule has 0 radical (unpaired) electrons. The van der Waals surface area contributed by atoms with Crippen molar-refractivity contribution in [2.24, 2.45) is 11.8 Å². The van der Waals surface area contributed by atoms with Gasteiger partial charge >= 0.3 is 0 Å². The van der Waals surface area contributed by atoms with Crippen molar-refractivity contribution >= 4 is 35.0 Å². The Balaban J connectivity index is 1.48. The zero-order chi connectivity index (χ0) is 26.4. The molecule has 3 saturated heterocycles. The Morgan fingerprint density at radius 2 is 1.89 bits per heavy atom. The van der Waals surface area contributed by atoms with Crippen molar-refractivity contribution in [1.82, 2.24) is 10.2 Å². The summed E-state index contributed by atoms with van der Waals surface area (Å²) < 4.78 is 6.69. The maximum absolute atomic E-state index is 13.9. The predicted molar refractivity (Wildman–Crippen MR) is 139 cm³/mol. The lowest BCUT2D eigenvalue weighted by Crippen LogP contribution is -2.54. The number of aliphatic hydroxyl groups excluding tert-OH is 1. The van der Waals surface area contributed by atoms with Gasteiger partial charge in [0.15, 0.2) is 0 Å². The number of hydrogen-bond donors (Lipinski definition) is 3. The topological polar surface area (TPSA) is 108 Å². The molecule has 2 unspecified atom stereocenters. The van der Waals surface area contributed by atoms with Crippen molar-refractivity contribution in [3.8, 4) is 0 Å². The summed E-state index contributed by atoms with van der Waals surface area (Å²) in [5, 5.41) is 16.1. The van der Waals surface area contributed by atoms with Crippen molar-refractivity contribution < 1.29 is 24.2 Å². The summed E-state index contributed by atoms with van der Waals surface area (Å²) >= 11 is 6.37. The molecule has 37 heavy (non-hydrogen) atoms. The Hall–Kier alpha value is -2.94. The van der Waals surface area contributed by atoms with E-state index in [9.17, 15) is 19.5 Å². The molecular formula is C28H32ClN3O5. The lowest BCUT2D eigenvalue weighted by Gasteiger charge is -2.34. The molecule has 0 aromatic heterocycles. The van der Waals surface area contributed by atoms with Gasteiger partial charge in [-0.05, 0) is 43.4 Å². The fourth-order valence-corrected chi connectivity index (χ4v) is 6.91. The summed E-state index contributed by atoms with van der Waals surface area (Å²) in [7, 11) is 0. The number of para-hydroxylation sites is 1. The highest BCUT2D eigenvalue weighted by Crippen LogP contribution is 2.64. The van der Waals surface area contributed by atoms with Gasteiger partial charge in [-0.1, -0.05) is 61.0 Å². The fourth-order valence-electron chi connectivity index (χ4n) is 6.64. The normalized spacial score (nSPS) is 29.9. The van der Waals surface area contributed by atoms with Crippen LogP contribution in [0.2, 0.25) is 5.02 Å². The van der Waals surface area contributed by atoms with E-state index >= 15 is 0 Å². The van der Waals surface area contributed by atoms with E-state index in [2.05, 4.69) is 10.6 Å². The van der Waals surface area contributed by atoms with Crippen LogP contribution in [0, 0.1) is 18.8 Å². The van der Waals surface area contributed by atoms with Crippen molar-refractivity contribution in [1.29, 1.82) is 0 Å². The average molecular weight is 526 g/mol. The number of hydrogen-bond acceptors (Lipinski definition) is 5. The molecule has 2 aromatic rings. The number of β-amino-alcohol motifs (C(OH)–C–C–N with tert-alkyl or cyclic N) is 1. The van der Waals surface area contributed by atoms with Gasteiger partial charge in [0.25, 0.3) is 0 Å². The number of nitrogens with zero attached hydrogens (tertiary/aromatic N) is 1. The average Bonchev–Trinajstić information content (AvgIpc) is 3.49. The Kier molecular flexibility index (Phi) is 6.77. The fraction of sp³-hybridized carbons (Fsp3) is 0.464. The minimum atomic E-state index is -1.16. The lowest BCUT2D eigenvalue weighted by atomic mass is 9.65. The van der Waals surface area contributed by atoms with Crippen molar-refractivity contribution in [3.63, 3.8) is 0 Å². The molecule has 5 rings (SSSR count). The number of likely N-dealkylation sites (tertiary alicyclic amines) is 1. The zero-order valence-corrected chi connectivity index (χ0v) is 21.8. The summed E-state index contributed by atoms with van der Waals surface area (Å²) in [6.45, 7) is 3.78. The number of anilines is 1. The summed E-state index contributed by atoms with van der Waals surface area (Å²) in [4.78, 5) is 42.7. The molecule has 5 atom stereocenters. The summed E-state index contributed by atoms with van der Waals surface area (Å²) in [5.41, 5.74) is 0.224. The van der Waals surface area contributed by atoms with Gasteiger partial charge in [0, 0.05) is 13.1 Å². The lowest BCUT2D eigenvalue weighted by molar-refractivity contribution is -0.146. The van der Waals surface area contributed by atoms with Crippen LogP contribution in [0.25, 0.3) is 0 Å². The Morgan fingerprint density at radius 1 is 1.14 bits per heavy atom. The van der Waals surface area contributed by atoms with Crippen LogP contribution in [-0.4, -0.2) is 58.1 Å². The van der Waals surface area contributed by atoms with E-state index in [1.54, 1.807) is 12.1 Å². The van der Waals surface area contributed by atoms with Gasteiger partial charge in [0.05, 0.1) is 34.8 Å². The molecule has 3 aliphatic rings. The van der Waals surface area contributed by atoms with Crippen molar-refractivity contribution in [2.45, 2.75) is 56.9 Å². The van der Waals surface area contributed by atoms with Crippen LogP contribution in [-0.2, 0) is 25.7 Å². The number of amides is 3. The summed E-state index contributed by atoms with van der Waals surface area (Å²) in [5.74, 6) is -2.56. The maximum Gasteiger partial charge on any atom is 0.250 e. The molecular weight excluding hydrogens is 494 g/mol. The van der Waals surface area contributed by atoms with Crippen LogP contribution in [0.1, 0.15) is 37.3 Å². The molecule has 3 heterocycles. The third-order valence-electron chi connectivity index (χ3n) is 8.33. The second-order valence-corrected chi connectivity index (χ2v) is 10.6. The molecule has 9 heteroatoms. The molecule has 196 valence electrons. The molecule has 3 N–H and O–H groups in total. The van der Waals surface area contributed by atoms with Crippen LogP contribution in [0.5, 0.6) is 0 Å². The Labute approximate surface area is 221 Å². The molecule has 1 spiro atoms. The first kappa shape index (κ1) is 25.7. The highest BCUT2D eigenvalue weighted by molar-refractivity contribution is 6.34. The van der Waals surface area contributed by atoms with Crippen molar-refractivity contribution in [3.05, 3.63) is 64.7 Å². The van der Waals surface area contributed by atoms with Gasteiger partial charge in [0.1, 0.15) is 11.6 Å². The van der Waals surface area contributed by atoms with Crippen LogP contribution < -0.4 is 10.6 Å². The number of carbonyl (C=O) groups is 3. The molecule has 3 fully saturated rings. The molecule has 8 nitrogen and oxygen atoms in total. The van der Waals surface area contributed by atoms with E-state index in [1.165, 1.54) is 4.90 Å². The largest absolute Gasteiger partial charge is 0.395 e. The molecule has 2 bridgehead atoms. The number of halogens is 1. The number of carbonyl (C=O) groups excluding carboxylic acids is 3. The Morgan fingerprint density at radius 3 is 2.57 bits per heavy atom. The van der Waals surface area contributed by atoms with Crippen molar-refractivity contribution in [2.75, 3.05) is 18.5 Å². The van der Waals surface area contributed by atoms with Gasteiger partial charge in [-0.2, -0.15) is 0 Å². The van der Waals surface area contributed by atoms with Gasteiger partial charge in [0.2, 0.25) is 17.7 Å². The van der Waals surface area contributed by atoms with E-state index < -0.39 is 35.0 Å². The van der Waals surface area contributed by atoms with E-state index in [-0.39, 0.29) is 25.0 Å². The second-order valence-electron chi connectivity index (χ2n) is 10.2. The monoisotopic (exact) mass is 525 g/mol. The van der Waals surface area contributed by atoms with Gasteiger partial charge in [-0.15, -0.1) is 0 Å². The number of aryl methyl sites for hydroxylation is 1. The standard InChI is InChI=1S/C28H32ClN3O5/c1-3-27-12-13-28(37-27)21(20(27)24(34)30-16-18-9-5-4-6-10-18)26(36)32(14-15-33)23(28)25(35)31-22-17(2)8-7-11-19(22)29/h4-11,20-21,23,33H,3,12-16H2,1-2H3,(H,30,34)(H,31,35)/t20-,21-,23?,27+,28?/m0/s1. The highest BCUT2D eigenvalue weighted by atomic mass is 35.5. The first-order valence-electron chi connectivity index (χ1n) is 12.8. The van der Waals surface area contributed by atoms with Gasteiger partial charge in [-0.3, -0.25) is 14.4 Å². The second kappa shape index (κ2) is 9.74. The number of nitrogens with one attached hydrogen (secondary N) is 2. The molecule has 3 amide bonds. The number of aliphatic hydroxyl groups is 1. The maximum atomic E-state index is 13.9. The highest BCUT2D eigenvalue weighted by Gasteiger charge is 2.78. The van der Waals surface area contributed by atoms with Crippen LogP contribution >= 0.6 is 11.6 Å². The third-order valence-corrected chi connectivity index (χ3v) is 8.65. The number of ether oxygens (including phenoxy) is 1. The zero-order valence-electron chi connectivity index (χ0n) is 21.0. The first-order valence-corrected chi connectivity index (χ1v) is 13.1. The SMILES string of the molecule is CC[C@]12CCC3(O1)C(C(=O)Nc1c(C)cccc1Cl)N(CCO)C(=O)[C@@H]3[C@H]2C(=O)NCc1ccccc1. The van der Waals surface area contributed by atoms with Gasteiger partial charge in [-0.25, -0.2) is 0 Å². The molecule has 0 saturated carbocycles. The van der Waals surface area contributed by atoms with Crippen LogP contribution in [0.4, 0.5) is 5.69 Å². The number of benzene rings is 2. The summed E-state index contributed by atoms with van der Waals surface area (Å²) in [6.07, 6.45) is 1.58. The minimum absolute atomic E-state index is 0.0302. The predicted octanol–water partition coefficient (Wildman–Crippen LogP) is 3.05. The molecule has 0 aliphatic carbocycles. The molecule has 3 aliphatic heterocycles. The quantitative estimate of drug-likeness (QED) is 0.491. The van der Waals surface area contributed by atoms with E-state index in [4.69, 9.17) is 16.3 Å². The minimum Gasteiger partial charge on any atom is -0.395 e. The van der Waals surface area contributed by atoms with E-state index in [0.29, 0.717) is 36.5 Å².